The molecule has 0 N–H and O–H groups in total. The summed E-state index contributed by atoms with van der Waals surface area (Å²) in [5, 5.41) is 1.12. The van der Waals surface area contributed by atoms with Gasteiger partial charge in [0.15, 0.2) is 0 Å². The van der Waals surface area contributed by atoms with Gasteiger partial charge in [0.1, 0.15) is 0 Å². The van der Waals surface area contributed by atoms with Crippen molar-refractivity contribution in [2.45, 2.75) is 18.0 Å². The third-order valence-electron chi connectivity index (χ3n) is 6.45. The molecule has 1 aliphatic heterocycles. The van der Waals surface area contributed by atoms with Gasteiger partial charge in [-0.25, -0.2) is 0 Å². The van der Waals surface area contributed by atoms with Gasteiger partial charge in [0, 0.05) is 0 Å². The zero-order valence-corrected chi connectivity index (χ0v) is 22.9. The van der Waals surface area contributed by atoms with E-state index >= 15 is 0 Å². The second-order valence-electron chi connectivity index (χ2n) is 8.54. The molecule has 5 rings (SSSR count). The van der Waals surface area contributed by atoms with Gasteiger partial charge >= 0.3 is 228 Å². The Morgan fingerprint density at radius 3 is 1.90 bits per heavy atom. The van der Waals surface area contributed by atoms with Gasteiger partial charge in [-0.3, -0.25) is 0 Å². The van der Waals surface area contributed by atoms with Crippen LogP contribution in [0.1, 0.15) is 5.56 Å². The zero-order chi connectivity index (χ0) is 28.2. The Bertz CT molecular complexity index is 1510. The van der Waals surface area contributed by atoms with E-state index in [2.05, 4.69) is 0 Å². The van der Waals surface area contributed by atoms with Gasteiger partial charge in [0.2, 0.25) is 0 Å². The molecule has 0 bridgehead atoms. The molecular formula is C28H21F6IO4. The fourth-order valence-corrected chi connectivity index (χ4v) is 10.7. The van der Waals surface area contributed by atoms with E-state index in [0.717, 1.165) is 12.1 Å². The molecule has 4 aromatic rings. The normalized spacial score (nSPS) is 15.8. The molecule has 0 aromatic heterocycles. The molecular weight excluding hydrogens is 641 g/mol. The molecule has 0 radical (unpaired) electrons. The molecule has 0 aliphatic carbocycles. The summed E-state index contributed by atoms with van der Waals surface area (Å²) in [6.45, 7) is 0. The first-order chi connectivity index (χ1) is 18.5. The van der Waals surface area contributed by atoms with Crippen LogP contribution < -0.4 is 14.2 Å². The molecule has 0 spiro atoms. The molecule has 39 heavy (non-hydrogen) atoms. The molecule has 0 amide bonds. The Morgan fingerprint density at radius 2 is 1.31 bits per heavy atom. The van der Waals surface area contributed by atoms with Crippen LogP contribution in [0.5, 0.6) is 17.2 Å². The molecule has 0 unspecified atom stereocenters. The minimum absolute atomic E-state index is 0.0830. The second kappa shape index (κ2) is 9.77. The number of methoxy groups -OCH3 is 3. The van der Waals surface area contributed by atoms with E-state index in [0.29, 0.717) is 27.6 Å². The van der Waals surface area contributed by atoms with E-state index < -0.39 is 43.8 Å². The van der Waals surface area contributed by atoms with Crippen molar-refractivity contribution < 1.29 is 43.6 Å². The summed E-state index contributed by atoms with van der Waals surface area (Å²) >= 11 is -3.94. The average molecular weight is 662 g/mol. The van der Waals surface area contributed by atoms with Crippen LogP contribution in [0.3, 0.4) is 0 Å². The fourth-order valence-electron chi connectivity index (χ4n) is 4.67. The molecule has 4 aromatic carbocycles. The summed E-state index contributed by atoms with van der Waals surface area (Å²) < 4.78 is 109. The molecule has 1 heterocycles. The van der Waals surface area contributed by atoms with Crippen molar-refractivity contribution in [1.29, 1.82) is 0 Å². The first kappa shape index (κ1) is 27.4. The Labute approximate surface area is 227 Å². The van der Waals surface area contributed by atoms with Gasteiger partial charge in [-0.1, -0.05) is 0 Å². The molecule has 0 fully saturated rings. The van der Waals surface area contributed by atoms with E-state index in [1.165, 1.54) is 33.5 Å². The Hall–Kier alpha value is -3.19. The summed E-state index contributed by atoms with van der Waals surface area (Å²) in [6.07, 6.45) is -11.5. The van der Waals surface area contributed by atoms with Crippen LogP contribution in [0.15, 0.2) is 72.8 Å². The van der Waals surface area contributed by atoms with E-state index in [1.54, 1.807) is 48.5 Å². The monoisotopic (exact) mass is 662 g/mol. The van der Waals surface area contributed by atoms with Crippen LogP contribution in [0.2, 0.25) is 0 Å². The zero-order valence-electron chi connectivity index (χ0n) is 20.7. The third-order valence-corrected chi connectivity index (χ3v) is 11.7. The van der Waals surface area contributed by atoms with E-state index in [1.807, 2.05) is 0 Å². The number of benzene rings is 4. The number of hydrogen-bond donors (Lipinski definition) is 0. The van der Waals surface area contributed by atoms with E-state index in [9.17, 15) is 26.3 Å². The van der Waals surface area contributed by atoms with E-state index in [-0.39, 0.29) is 18.6 Å². The van der Waals surface area contributed by atoms with Crippen LogP contribution >= 0.6 is 20.2 Å². The van der Waals surface area contributed by atoms with Gasteiger partial charge < -0.3 is 0 Å². The predicted octanol–water partition coefficient (Wildman–Crippen LogP) is 8.34. The summed E-state index contributed by atoms with van der Waals surface area (Å²) in [4.78, 5) is 0. The molecule has 0 atom stereocenters. The van der Waals surface area contributed by atoms with Gasteiger partial charge in [0.25, 0.3) is 0 Å². The van der Waals surface area contributed by atoms with Crippen molar-refractivity contribution >= 4 is 31.0 Å². The molecule has 0 saturated heterocycles. The minimum atomic E-state index is -5.76. The SMILES string of the molecule is COc1cc(OC)c(-c2ccc3ccccc3c2I2OC(C(F)(F)F)(C(F)(F)F)c3ccccc32)c(OC)c1. The van der Waals surface area contributed by atoms with Crippen molar-refractivity contribution in [3.05, 3.63) is 85.5 Å². The van der Waals surface area contributed by atoms with Gasteiger partial charge in [0.05, 0.1) is 0 Å². The van der Waals surface area contributed by atoms with Crippen molar-refractivity contribution in [1.82, 2.24) is 0 Å². The Balaban J connectivity index is 1.89. The van der Waals surface area contributed by atoms with Crippen LogP contribution in [0, 0.1) is 7.14 Å². The second-order valence-corrected chi connectivity index (χ2v) is 12.6. The number of rotatable bonds is 5. The molecule has 1 aliphatic rings. The third kappa shape index (κ3) is 4.17. The van der Waals surface area contributed by atoms with Crippen molar-refractivity contribution in [3.8, 4) is 28.4 Å². The number of fused-ring (bicyclic) bond motifs is 2. The maximum atomic E-state index is 14.5. The molecule has 206 valence electrons. The molecule has 0 saturated carbocycles. The van der Waals surface area contributed by atoms with Crippen LogP contribution in [-0.4, -0.2) is 33.7 Å². The van der Waals surface area contributed by atoms with Crippen molar-refractivity contribution in [3.63, 3.8) is 0 Å². The first-order valence-electron chi connectivity index (χ1n) is 11.4. The quantitative estimate of drug-likeness (QED) is 0.159. The van der Waals surface area contributed by atoms with Gasteiger partial charge in [-0.15, -0.1) is 0 Å². The molecule has 11 heteroatoms. The standard InChI is InChI=1S/C28H21F6IO4/c1-36-17-14-22(37-2)24(23(15-17)38-3)19-13-12-16-8-4-5-9-18(16)25(19)35-21-11-7-6-10-20(21)26(39-35,27(29,30)31)28(32,33)34/h4-15H,1-3H3. The predicted molar refractivity (Wildman–Crippen MR) is 142 cm³/mol. The summed E-state index contributed by atoms with van der Waals surface area (Å²) in [6, 6.07) is 18.1. The first-order valence-corrected chi connectivity index (χ1v) is 14.5. The van der Waals surface area contributed by atoms with Crippen molar-refractivity contribution in [2.24, 2.45) is 0 Å². The van der Waals surface area contributed by atoms with Crippen LogP contribution in [0.25, 0.3) is 21.9 Å². The molecule has 4 nitrogen and oxygen atoms in total. The van der Waals surface area contributed by atoms with Crippen LogP contribution in [0.4, 0.5) is 26.3 Å². The van der Waals surface area contributed by atoms with Crippen molar-refractivity contribution in [2.75, 3.05) is 21.3 Å². The van der Waals surface area contributed by atoms with Gasteiger partial charge in [-0.2, -0.15) is 0 Å². The number of ether oxygens (including phenoxy) is 3. The van der Waals surface area contributed by atoms with Gasteiger partial charge in [-0.05, 0) is 0 Å². The Morgan fingerprint density at radius 1 is 0.718 bits per heavy atom. The number of alkyl halides is 6. The topological polar surface area (TPSA) is 36.9 Å². The Kier molecular flexibility index (Phi) is 6.86. The summed E-state index contributed by atoms with van der Waals surface area (Å²) in [7, 11) is 4.24. The summed E-state index contributed by atoms with van der Waals surface area (Å²) in [5.41, 5.74) is -4.67. The fraction of sp³-hybridized carbons (Fsp3) is 0.214. The number of hydrogen-bond acceptors (Lipinski definition) is 4. The van der Waals surface area contributed by atoms with E-state index in [4.69, 9.17) is 17.3 Å². The average Bonchev–Trinajstić information content (AvgIpc) is 3.28. The maximum absolute atomic E-state index is 14.5. The number of halogens is 7. The summed E-state index contributed by atoms with van der Waals surface area (Å²) in [5.74, 6) is 0.928. The van der Waals surface area contributed by atoms with Crippen LogP contribution in [-0.2, 0) is 8.67 Å².